The highest BCUT2D eigenvalue weighted by Gasteiger charge is 2.48. The number of ether oxygens (including phenoxy) is 3. The van der Waals surface area contributed by atoms with Gasteiger partial charge in [0.2, 0.25) is 0 Å². The first-order valence-corrected chi connectivity index (χ1v) is 7.93. The molecule has 6 nitrogen and oxygen atoms in total. The number of aliphatic hydroxyl groups is 3. The summed E-state index contributed by atoms with van der Waals surface area (Å²) in [6.45, 7) is 0.311. The molecule has 124 valence electrons. The molecule has 0 aliphatic carbocycles. The lowest BCUT2D eigenvalue weighted by Crippen LogP contribution is -2.60. The summed E-state index contributed by atoms with van der Waals surface area (Å²) in [7, 11) is 0. The predicted molar refractivity (Wildman–Crippen MR) is 78.3 cm³/mol. The Bertz CT molecular complexity index is 423. The number of rotatable bonds is 3. The molecular formula is C16H24O6. The standard InChI is InChI=1S/C16H24O6/c17-9-10(18)6-7-11-3-1-4-13-16(21-11)14(19)15-12(22-13)5-2-8-20-15/h1,3,6-7,10-19H,2,4-5,8-9H2/b7-6+/t10-,11+,12+,13-,14-,15+,16-/m1/s1. The van der Waals surface area contributed by atoms with Gasteiger partial charge in [-0.3, -0.25) is 0 Å². The lowest BCUT2D eigenvalue weighted by molar-refractivity contribution is -0.259. The molecule has 0 aromatic carbocycles. The second-order valence-electron chi connectivity index (χ2n) is 6.05. The maximum atomic E-state index is 10.6. The molecule has 0 unspecified atom stereocenters. The van der Waals surface area contributed by atoms with Gasteiger partial charge in [0.05, 0.1) is 31.0 Å². The third kappa shape index (κ3) is 3.42. The largest absolute Gasteiger partial charge is 0.393 e. The topological polar surface area (TPSA) is 88.4 Å². The fourth-order valence-corrected chi connectivity index (χ4v) is 3.29. The molecule has 0 aromatic rings. The summed E-state index contributed by atoms with van der Waals surface area (Å²) in [6.07, 6.45) is 6.51. The Morgan fingerprint density at radius 1 is 1.23 bits per heavy atom. The van der Waals surface area contributed by atoms with Gasteiger partial charge in [0.1, 0.15) is 18.3 Å². The Balaban J connectivity index is 1.69. The highest BCUT2D eigenvalue weighted by Crippen LogP contribution is 2.34. The van der Waals surface area contributed by atoms with E-state index in [9.17, 15) is 10.2 Å². The Labute approximate surface area is 130 Å². The fraction of sp³-hybridized carbons (Fsp3) is 0.750. The van der Waals surface area contributed by atoms with Crippen molar-refractivity contribution >= 4 is 0 Å². The van der Waals surface area contributed by atoms with E-state index >= 15 is 0 Å². The molecule has 7 atom stereocenters. The molecule has 0 aromatic heterocycles. The van der Waals surface area contributed by atoms with Crippen molar-refractivity contribution in [3.63, 3.8) is 0 Å². The maximum Gasteiger partial charge on any atom is 0.114 e. The first-order chi connectivity index (χ1) is 10.7. The van der Waals surface area contributed by atoms with Crippen LogP contribution in [-0.4, -0.2) is 71.3 Å². The highest BCUT2D eigenvalue weighted by atomic mass is 16.6. The van der Waals surface area contributed by atoms with Crippen LogP contribution in [0.4, 0.5) is 0 Å². The Morgan fingerprint density at radius 2 is 2.09 bits per heavy atom. The second-order valence-corrected chi connectivity index (χ2v) is 6.05. The molecule has 0 bridgehead atoms. The number of aliphatic hydroxyl groups excluding tert-OH is 3. The molecule has 0 spiro atoms. The van der Waals surface area contributed by atoms with Gasteiger partial charge in [-0.05, 0) is 19.3 Å². The van der Waals surface area contributed by atoms with Gasteiger partial charge in [0, 0.05) is 6.61 Å². The Hall–Kier alpha value is -0.760. The van der Waals surface area contributed by atoms with Crippen molar-refractivity contribution in [1.82, 2.24) is 0 Å². The summed E-state index contributed by atoms with van der Waals surface area (Å²) in [5.74, 6) is 0. The lowest BCUT2D eigenvalue weighted by atomic mass is 9.90. The summed E-state index contributed by atoms with van der Waals surface area (Å²) < 4.78 is 17.7. The predicted octanol–water partition coefficient (Wildman–Crippen LogP) is -0.0832. The van der Waals surface area contributed by atoms with Crippen LogP contribution in [0.1, 0.15) is 19.3 Å². The van der Waals surface area contributed by atoms with Gasteiger partial charge in [-0.25, -0.2) is 0 Å². The summed E-state index contributed by atoms with van der Waals surface area (Å²) >= 11 is 0. The van der Waals surface area contributed by atoms with Crippen LogP contribution in [0.15, 0.2) is 24.3 Å². The van der Waals surface area contributed by atoms with E-state index in [2.05, 4.69) is 0 Å². The zero-order valence-electron chi connectivity index (χ0n) is 12.5. The zero-order valence-corrected chi connectivity index (χ0v) is 12.5. The maximum absolute atomic E-state index is 10.6. The van der Waals surface area contributed by atoms with Gasteiger partial charge in [-0.1, -0.05) is 24.3 Å². The van der Waals surface area contributed by atoms with Gasteiger partial charge in [-0.15, -0.1) is 0 Å². The molecule has 2 fully saturated rings. The van der Waals surface area contributed by atoms with Gasteiger partial charge >= 0.3 is 0 Å². The average molecular weight is 312 g/mol. The van der Waals surface area contributed by atoms with E-state index < -0.39 is 18.3 Å². The van der Waals surface area contributed by atoms with E-state index in [0.29, 0.717) is 13.0 Å². The van der Waals surface area contributed by atoms with Crippen molar-refractivity contribution in [1.29, 1.82) is 0 Å². The fourth-order valence-electron chi connectivity index (χ4n) is 3.29. The minimum Gasteiger partial charge on any atom is -0.393 e. The zero-order chi connectivity index (χ0) is 15.5. The van der Waals surface area contributed by atoms with Crippen LogP contribution in [0.3, 0.4) is 0 Å². The molecule has 3 rings (SSSR count). The van der Waals surface area contributed by atoms with E-state index in [1.165, 1.54) is 6.08 Å². The molecule has 3 N–H and O–H groups in total. The van der Waals surface area contributed by atoms with Crippen molar-refractivity contribution in [3.8, 4) is 0 Å². The van der Waals surface area contributed by atoms with Gasteiger partial charge < -0.3 is 29.5 Å². The smallest absolute Gasteiger partial charge is 0.114 e. The summed E-state index contributed by atoms with van der Waals surface area (Å²) in [5, 5.41) is 28.8. The van der Waals surface area contributed by atoms with Crippen molar-refractivity contribution in [2.45, 2.75) is 62.0 Å². The van der Waals surface area contributed by atoms with E-state index in [0.717, 1.165) is 12.8 Å². The second kappa shape index (κ2) is 7.21. The van der Waals surface area contributed by atoms with E-state index in [-0.39, 0.29) is 31.0 Å². The first kappa shape index (κ1) is 16.1. The van der Waals surface area contributed by atoms with Crippen LogP contribution in [-0.2, 0) is 14.2 Å². The molecule has 0 amide bonds. The molecule has 2 saturated heterocycles. The molecule has 6 heteroatoms. The van der Waals surface area contributed by atoms with Crippen LogP contribution in [0.2, 0.25) is 0 Å². The van der Waals surface area contributed by atoms with Crippen molar-refractivity contribution < 1.29 is 29.5 Å². The first-order valence-electron chi connectivity index (χ1n) is 7.93. The molecule has 0 radical (unpaired) electrons. The van der Waals surface area contributed by atoms with E-state index in [1.807, 2.05) is 12.2 Å². The molecule has 22 heavy (non-hydrogen) atoms. The monoisotopic (exact) mass is 312 g/mol. The van der Waals surface area contributed by atoms with Gasteiger partial charge in [-0.2, -0.15) is 0 Å². The third-order valence-corrected chi connectivity index (χ3v) is 4.42. The van der Waals surface area contributed by atoms with Crippen molar-refractivity contribution in [2.24, 2.45) is 0 Å². The van der Waals surface area contributed by atoms with Crippen LogP contribution in [0.25, 0.3) is 0 Å². The quantitative estimate of drug-likeness (QED) is 0.632. The third-order valence-electron chi connectivity index (χ3n) is 4.42. The van der Waals surface area contributed by atoms with Crippen molar-refractivity contribution in [2.75, 3.05) is 13.2 Å². The highest BCUT2D eigenvalue weighted by molar-refractivity contribution is 5.10. The molecule has 0 saturated carbocycles. The normalized spacial score (nSPS) is 43.4. The Morgan fingerprint density at radius 3 is 2.91 bits per heavy atom. The number of hydrogen-bond acceptors (Lipinski definition) is 6. The summed E-state index contributed by atoms with van der Waals surface area (Å²) in [5.41, 5.74) is 0. The summed E-state index contributed by atoms with van der Waals surface area (Å²) in [4.78, 5) is 0. The minimum absolute atomic E-state index is 0.0645. The van der Waals surface area contributed by atoms with E-state index in [1.54, 1.807) is 6.08 Å². The average Bonchev–Trinajstić information content (AvgIpc) is 2.75. The minimum atomic E-state index is -0.908. The van der Waals surface area contributed by atoms with Crippen molar-refractivity contribution in [3.05, 3.63) is 24.3 Å². The van der Waals surface area contributed by atoms with Crippen LogP contribution < -0.4 is 0 Å². The van der Waals surface area contributed by atoms with Crippen LogP contribution >= 0.6 is 0 Å². The van der Waals surface area contributed by atoms with Gasteiger partial charge in [0.25, 0.3) is 0 Å². The molecule has 3 aliphatic heterocycles. The van der Waals surface area contributed by atoms with Crippen LogP contribution in [0.5, 0.6) is 0 Å². The lowest BCUT2D eigenvalue weighted by Gasteiger charge is -2.46. The summed E-state index contributed by atoms with van der Waals surface area (Å²) in [6, 6.07) is 0. The van der Waals surface area contributed by atoms with Crippen LogP contribution in [0, 0.1) is 0 Å². The SMILES string of the molecule is OC[C@H](O)/C=C/[C@@H]1C=CC[C@H]2O[C@H]3CCCO[C@@H]3[C@@H](O)[C@@H]2O1. The molecule has 3 heterocycles. The Kier molecular flexibility index (Phi) is 5.28. The molecule has 3 aliphatic rings. The van der Waals surface area contributed by atoms with Gasteiger partial charge in [0.15, 0.2) is 0 Å². The molecular weight excluding hydrogens is 288 g/mol. The number of hydrogen-bond donors (Lipinski definition) is 3. The van der Waals surface area contributed by atoms with E-state index in [4.69, 9.17) is 19.3 Å². The number of fused-ring (bicyclic) bond motifs is 2.